The highest BCUT2D eigenvalue weighted by molar-refractivity contribution is 7.18. The third-order valence-electron chi connectivity index (χ3n) is 4.77. The Balaban J connectivity index is 0.00000182. The highest BCUT2D eigenvalue weighted by Crippen LogP contribution is 2.39. The number of nitrogens with zero attached hydrogens (tertiary/aromatic N) is 1. The Morgan fingerprint density at radius 2 is 2.00 bits per heavy atom. The van der Waals surface area contributed by atoms with Crippen molar-refractivity contribution in [1.82, 2.24) is 0 Å². The number of thiazole rings is 1. The van der Waals surface area contributed by atoms with Crippen molar-refractivity contribution in [2.45, 2.75) is 47.1 Å². The first-order chi connectivity index (χ1) is 11.5. The van der Waals surface area contributed by atoms with Gasteiger partial charge in [-0.25, -0.2) is 0 Å². The summed E-state index contributed by atoms with van der Waals surface area (Å²) < 4.78 is 8.47. The quantitative estimate of drug-likeness (QED) is 0.420. The normalized spacial score (nSPS) is 18.6. The maximum atomic E-state index is 6.08. The highest BCUT2D eigenvalue weighted by Gasteiger charge is 2.27. The van der Waals surface area contributed by atoms with Crippen LogP contribution in [-0.2, 0) is 6.54 Å². The molecule has 2 aromatic heterocycles. The van der Waals surface area contributed by atoms with E-state index in [1.54, 1.807) is 11.3 Å². The summed E-state index contributed by atoms with van der Waals surface area (Å²) in [6.07, 6.45) is 7.05. The molecule has 0 fully saturated rings. The molecule has 4 rings (SSSR count). The number of aryl methyl sites for hydroxylation is 1. The first-order valence-corrected chi connectivity index (χ1v) is 9.50. The minimum absolute atomic E-state index is 0. The Kier molecular flexibility index (Phi) is 5.13. The average Bonchev–Trinajstić information content (AvgIpc) is 3.00. The van der Waals surface area contributed by atoms with Gasteiger partial charge in [0.2, 0.25) is 0 Å². The lowest BCUT2D eigenvalue weighted by molar-refractivity contribution is -0.664. The predicted molar refractivity (Wildman–Crippen MR) is 102 cm³/mol. The maximum absolute atomic E-state index is 6.08. The van der Waals surface area contributed by atoms with E-state index in [2.05, 4.69) is 62.6 Å². The van der Waals surface area contributed by atoms with Crippen molar-refractivity contribution in [2.75, 3.05) is 0 Å². The number of aromatic nitrogens is 1. The molecule has 0 aliphatic heterocycles. The molecule has 25 heavy (non-hydrogen) atoms. The highest BCUT2D eigenvalue weighted by atomic mass is 127. The fourth-order valence-corrected chi connectivity index (χ4v) is 5.23. The minimum Gasteiger partial charge on any atom is -1.00 e. The van der Waals surface area contributed by atoms with Crippen LogP contribution in [-0.4, -0.2) is 0 Å². The third kappa shape index (κ3) is 3.43. The third-order valence-corrected chi connectivity index (χ3v) is 5.78. The average molecular weight is 465 g/mol. The van der Waals surface area contributed by atoms with Gasteiger partial charge < -0.3 is 28.4 Å². The molecular weight excluding hydrogens is 441 g/mol. The molecule has 0 saturated carbocycles. The molecule has 0 N–H and O–H groups in total. The summed E-state index contributed by atoms with van der Waals surface area (Å²) in [7, 11) is 0. The van der Waals surface area contributed by atoms with Gasteiger partial charge in [0.1, 0.15) is 12.1 Å². The van der Waals surface area contributed by atoms with Gasteiger partial charge in [-0.2, -0.15) is 4.57 Å². The molecule has 1 aliphatic carbocycles. The van der Waals surface area contributed by atoms with E-state index in [0.717, 1.165) is 23.4 Å². The van der Waals surface area contributed by atoms with Gasteiger partial charge in [0.05, 0.1) is 5.39 Å². The van der Waals surface area contributed by atoms with Gasteiger partial charge >= 0.3 is 0 Å². The van der Waals surface area contributed by atoms with Gasteiger partial charge in [-0.3, -0.25) is 0 Å². The van der Waals surface area contributed by atoms with Crippen molar-refractivity contribution in [3.63, 3.8) is 0 Å². The van der Waals surface area contributed by atoms with Crippen LogP contribution in [0.25, 0.3) is 27.5 Å². The van der Waals surface area contributed by atoms with Crippen LogP contribution in [0, 0.1) is 5.41 Å². The van der Waals surface area contributed by atoms with Gasteiger partial charge in [0.25, 0.3) is 15.4 Å². The van der Waals surface area contributed by atoms with E-state index in [1.807, 2.05) is 6.07 Å². The number of furan rings is 1. The van der Waals surface area contributed by atoms with Gasteiger partial charge in [-0.15, -0.1) is 0 Å². The fraction of sp³-hybridized carbons (Fsp3) is 0.381. The Morgan fingerprint density at radius 3 is 2.72 bits per heavy atom. The summed E-state index contributed by atoms with van der Waals surface area (Å²) >= 11 is 1.76. The van der Waals surface area contributed by atoms with Crippen molar-refractivity contribution in [1.29, 1.82) is 0 Å². The lowest BCUT2D eigenvalue weighted by Crippen LogP contribution is -3.00. The van der Waals surface area contributed by atoms with Crippen LogP contribution < -0.4 is 28.5 Å². The van der Waals surface area contributed by atoms with Crippen molar-refractivity contribution >= 4 is 38.8 Å². The van der Waals surface area contributed by atoms with E-state index in [1.165, 1.54) is 33.5 Å². The van der Waals surface area contributed by atoms with Gasteiger partial charge in [0, 0.05) is 6.08 Å². The molecule has 2 nitrogen and oxygen atoms in total. The summed E-state index contributed by atoms with van der Waals surface area (Å²) in [5.74, 6) is 0. The molecule has 4 heteroatoms. The molecule has 2 heterocycles. The summed E-state index contributed by atoms with van der Waals surface area (Å²) in [5.41, 5.74) is 5.48. The van der Waals surface area contributed by atoms with E-state index in [-0.39, 0.29) is 24.0 Å². The summed E-state index contributed by atoms with van der Waals surface area (Å²) in [4.78, 5) is 1.03. The van der Waals surface area contributed by atoms with Crippen LogP contribution in [0.3, 0.4) is 0 Å². The fourth-order valence-electron chi connectivity index (χ4n) is 4.06. The lowest BCUT2D eigenvalue weighted by Gasteiger charge is -2.29. The maximum Gasteiger partial charge on any atom is 0.271 e. The molecule has 0 atom stereocenters. The number of allylic oxidation sites excluding steroid dienone is 3. The molecular formula is C21H24INOS. The van der Waals surface area contributed by atoms with Crippen molar-refractivity contribution in [2.24, 2.45) is 5.41 Å². The zero-order valence-electron chi connectivity index (χ0n) is 15.2. The number of benzene rings is 1. The molecule has 0 unspecified atom stereocenters. The summed E-state index contributed by atoms with van der Waals surface area (Å²) in [6, 6.07) is 8.33. The summed E-state index contributed by atoms with van der Waals surface area (Å²) in [6.45, 7) is 10.1. The van der Waals surface area contributed by atoms with Gasteiger partial charge in [-0.1, -0.05) is 37.6 Å². The van der Waals surface area contributed by atoms with Crippen LogP contribution in [0.4, 0.5) is 0 Å². The van der Waals surface area contributed by atoms with Crippen LogP contribution in [0.15, 0.2) is 45.9 Å². The van der Waals surface area contributed by atoms with Crippen molar-refractivity contribution < 1.29 is 33.0 Å². The van der Waals surface area contributed by atoms with E-state index < -0.39 is 0 Å². The monoisotopic (exact) mass is 465 g/mol. The number of hydrogen-bond acceptors (Lipinski definition) is 2. The number of fused-ring (bicyclic) bond motifs is 3. The van der Waals surface area contributed by atoms with E-state index >= 15 is 0 Å². The first kappa shape index (κ1) is 18.6. The smallest absolute Gasteiger partial charge is 0.271 e. The molecule has 0 spiro atoms. The summed E-state index contributed by atoms with van der Waals surface area (Å²) in [5, 5.41) is 2.50. The second-order valence-electron chi connectivity index (χ2n) is 7.65. The molecule has 1 aromatic carbocycles. The topological polar surface area (TPSA) is 17.0 Å². The van der Waals surface area contributed by atoms with E-state index in [9.17, 15) is 0 Å². The first-order valence-electron chi connectivity index (χ1n) is 8.68. The number of halogens is 1. The Bertz CT molecular complexity index is 990. The number of hydrogen-bond donors (Lipinski definition) is 0. The second-order valence-corrected chi connectivity index (χ2v) is 8.64. The number of para-hydroxylation sites is 1. The molecule has 1 aliphatic rings. The SMILES string of the molecule is CC[n+]1c(/C=C2/C=C(C)CC(C)(C)C2)sc2oc3ccccc3c21.[I-]. The molecule has 0 bridgehead atoms. The minimum atomic E-state index is 0. The zero-order valence-corrected chi connectivity index (χ0v) is 18.2. The largest absolute Gasteiger partial charge is 1.00 e. The predicted octanol–water partition coefficient (Wildman–Crippen LogP) is 3.11. The van der Waals surface area contributed by atoms with Crippen LogP contribution >= 0.6 is 11.3 Å². The van der Waals surface area contributed by atoms with Crippen molar-refractivity contribution in [3.8, 4) is 0 Å². The lowest BCUT2D eigenvalue weighted by atomic mass is 9.75. The van der Waals surface area contributed by atoms with Crippen molar-refractivity contribution in [3.05, 3.63) is 46.5 Å². The van der Waals surface area contributed by atoms with Crippen LogP contribution in [0.5, 0.6) is 0 Å². The van der Waals surface area contributed by atoms with Gasteiger partial charge in [0.15, 0.2) is 0 Å². The molecule has 0 saturated heterocycles. The molecule has 0 amide bonds. The zero-order chi connectivity index (χ0) is 16.9. The Hall–Kier alpha value is -1.14. The molecule has 0 radical (unpaired) electrons. The van der Waals surface area contributed by atoms with Crippen LogP contribution in [0.1, 0.15) is 45.5 Å². The molecule has 132 valence electrons. The number of rotatable bonds is 2. The Labute approximate surface area is 170 Å². The van der Waals surface area contributed by atoms with Crippen LogP contribution in [0.2, 0.25) is 0 Å². The molecule has 3 aromatic rings. The van der Waals surface area contributed by atoms with Gasteiger partial charge in [-0.05, 0) is 61.1 Å². The standard InChI is InChI=1S/C21H24NOS.HI/c1-5-22-18(11-15-10-14(2)12-21(3,4)13-15)24-20-19(22)16-8-6-7-9-17(16)23-20;/h6-11H,5,12-13H2,1-4H3;1H/q+1;/p-1/b15-11-;. The Morgan fingerprint density at radius 1 is 1.24 bits per heavy atom. The second kappa shape index (κ2) is 6.88. The van der Waals surface area contributed by atoms with E-state index in [4.69, 9.17) is 4.42 Å². The van der Waals surface area contributed by atoms with E-state index in [0.29, 0.717) is 5.41 Å².